The molecule has 7 heteroatoms. The first-order chi connectivity index (χ1) is 11.0. The smallest absolute Gasteiger partial charge is 0.256 e. The van der Waals surface area contributed by atoms with Crippen molar-refractivity contribution in [1.82, 2.24) is 0 Å². The Morgan fingerprint density at radius 1 is 1.33 bits per heavy atom. The van der Waals surface area contributed by atoms with Gasteiger partial charge in [-0.15, -0.1) is 0 Å². The summed E-state index contributed by atoms with van der Waals surface area (Å²) in [5.74, 6) is 0.351. The highest BCUT2D eigenvalue weighted by Gasteiger charge is 2.49. The third-order valence-corrected chi connectivity index (χ3v) is 4.62. The van der Waals surface area contributed by atoms with Crippen LogP contribution in [0.5, 0.6) is 5.75 Å². The minimum Gasteiger partial charge on any atom is -0.456 e. The summed E-state index contributed by atoms with van der Waals surface area (Å²) in [5, 5.41) is 3.25. The Morgan fingerprint density at radius 2 is 2.00 bits per heavy atom. The molecule has 1 aromatic carbocycles. The Kier molecular flexibility index (Phi) is 3.60. The molecule has 0 saturated carbocycles. The number of fused-ring (bicyclic) bond motifs is 1. The van der Waals surface area contributed by atoms with Crippen molar-refractivity contribution in [3.8, 4) is 5.75 Å². The van der Waals surface area contributed by atoms with E-state index in [4.69, 9.17) is 20.9 Å². The highest BCUT2D eigenvalue weighted by molar-refractivity contribution is 9.10. The number of nitrogens with one attached hydrogen (secondary N) is 1. The largest absolute Gasteiger partial charge is 0.456 e. The maximum atomic E-state index is 11.9. The number of hydrogen-bond acceptors (Lipinski definition) is 5. The van der Waals surface area contributed by atoms with Crippen molar-refractivity contribution >= 4 is 27.5 Å². The lowest BCUT2D eigenvalue weighted by Gasteiger charge is -2.31. The van der Waals surface area contributed by atoms with E-state index in [-0.39, 0.29) is 16.9 Å². The van der Waals surface area contributed by atoms with E-state index in [9.17, 15) is 4.79 Å². The van der Waals surface area contributed by atoms with Gasteiger partial charge in [-0.05, 0) is 46.0 Å². The van der Waals surface area contributed by atoms with Gasteiger partial charge in [-0.2, -0.15) is 0 Å². The van der Waals surface area contributed by atoms with E-state index in [2.05, 4.69) is 42.0 Å². The van der Waals surface area contributed by atoms with Gasteiger partial charge in [0, 0.05) is 6.08 Å². The summed E-state index contributed by atoms with van der Waals surface area (Å²) in [5.41, 5.74) is 12.0. The molecule has 2 heterocycles. The molecule has 24 heavy (non-hydrogen) atoms. The van der Waals surface area contributed by atoms with Gasteiger partial charge in [0.25, 0.3) is 5.91 Å². The van der Waals surface area contributed by atoms with Gasteiger partial charge in [0.1, 0.15) is 11.3 Å². The average Bonchev–Trinajstić information content (AvgIpc) is 2.74. The van der Waals surface area contributed by atoms with Crippen molar-refractivity contribution in [1.29, 1.82) is 0 Å². The van der Waals surface area contributed by atoms with Crippen molar-refractivity contribution < 1.29 is 14.3 Å². The number of allylic oxidation sites excluding steroid dienone is 1. The molecule has 1 amide bonds. The zero-order chi connectivity index (χ0) is 17.9. The second-order valence-corrected chi connectivity index (χ2v) is 7.86. The van der Waals surface area contributed by atoms with Crippen molar-refractivity contribution in [2.45, 2.75) is 38.8 Å². The minimum absolute atomic E-state index is 0.0439. The minimum atomic E-state index is -1.26. The number of carbonyl (C=O) groups is 1. The van der Waals surface area contributed by atoms with E-state index < -0.39 is 11.6 Å². The zero-order valence-corrected chi connectivity index (χ0v) is 15.6. The molecule has 2 aliphatic heterocycles. The van der Waals surface area contributed by atoms with Crippen LogP contribution >= 0.6 is 15.9 Å². The molecular formula is C17H20BrN3O3. The molecule has 1 spiro atoms. The summed E-state index contributed by atoms with van der Waals surface area (Å²) in [6.45, 7) is 8.10. The second kappa shape index (κ2) is 5.17. The Hall–Kier alpha value is -2.15. The van der Waals surface area contributed by atoms with Crippen LogP contribution in [0.3, 0.4) is 0 Å². The van der Waals surface area contributed by atoms with Gasteiger partial charge in [0.15, 0.2) is 5.75 Å². The Balaban J connectivity index is 2.14. The maximum Gasteiger partial charge on any atom is 0.256 e. The van der Waals surface area contributed by atoms with Crippen molar-refractivity contribution in [3.05, 3.63) is 45.5 Å². The molecule has 5 N–H and O–H groups in total. The fraction of sp³-hybridized carbons (Fsp3) is 0.353. The monoisotopic (exact) mass is 393 g/mol. The normalized spacial score (nSPS) is 22.5. The van der Waals surface area contributed by atoms with Crippen LogP contribution in [0, 0.1) is 0 Å². The standard InChI is InChI=1S/C17H20BrN3O3/c1-8-7-17(12(14(19)22)15(20)23-8)21-11-6-9(16(2,3)4)5-10(18)13(11)24-17/h5-7,21H,20H2,1-4H3,(H2,19,22)/t17-/m0/s1. The van der Waals surface area contributed by atoms with Crippen LogP contribution in [0.25, 0.3) is 0 Å². The number of nitrogens with two attached hydrogens (primary N) is 2. The third kappa shape index (κ3) is 2.53. The summed E-state index contributed by atoms with van der Waals surface area (Å²) >= 11 is 3.55. The molecule has 0 bridgehead atoms. The predicted octanol–water partition coefficient (Wildman–Crippen LogP) is 2.84. The summed E-state index contributed by atoms with van der Waals surface area (Å²) in [6.07, 6.45) is 1.66. The number of rotatable bonds is 1. The summed E-state index contributed by atoms with van der Waals surface area (Å²) in [6, 6.07) is 4.01. The number of anilines is 1. The molecule has 0 unspecified atom stereocenters. The zero-order valence-electron chi connectivity index (χ0n) is 14.0. The summed E-state index contributed by atoms with van der Waals surface area (Å²) in [4.78, 5) is 11.9. The highest BCUT2D eigenvalue weighted by Crippen LogP contribution is 2.48. The first-order valence-electron chi connectivity index (χ1n) is 7.52. The number of halogens is 1. The fourth-order valence-electron chi connectivity index (χ4n) is 2.89. The average molecular weight is 394 g/mol. The highest BCUT2D eigenvalue weighted by atomic mass is 79.9. The van der Waals surface area contributed by atoms with Crippen LogP contribution < -0.4 is 21.5 Å². The predicted molar refractivity (Wildman–Crippen MR) is 95.1 cm³/mol. The van der Waals surface area contributed by atoms with Gasteiger partial charge in [0.2, 0.25) is 11.6 Å². The maximum absolute atomic E-state index is 11.9. The second-order valence-electron chi connectivity index (χ2n) is 7.01. The third-order valence-electron chi connectivity index (χ3n) is 4.03. The van der Waals surface area contributed by atoms with Crippen LogP contribution in [-0.2, 0) is 14.9 Å². The van der Waals surface area contributed by atoms with E-state index in [1.54, 1.807) is 13.0 Å². The Labute approximate surface area is 149 Å². The van der Waals surface area contributed by atoms with E-state index in [1.165, 1.54) is 0 Å². The molecule has 0 aliphatic carbocycles. The number of carbonyl (C=O) groups excluding carboxylic acids is 1. The topological polar surface area (TPSA) is 99.6 Å². The molecule has 128 valence electrons. The van der Waals surface area contributed by atoms with Gasteiger partial charge in [-0.3, -0.25) is 4.79 Å². The lowest BCUT2D eigenvalue weighted by molar-refractivity contribution is -0.116. The molecule has 6 nitrogen and oxygen atoms in total. The van der Waals surface area contributed by atoms with Crippen LogP contribution in [0.4, 0.5) is 5.69 Å². The molecule has 1 aromatic rings. The van der Waals surface area contributed by atoms with Gasteiger partial charge in [-0.25, -0.2) is 0 Å². The van der Waals surface area contributed by atoms with Crippen molar-refractivity contribution in [3.63, 3.8) is 0 Å². The Morgan fingerprint density at radius 3 is 2.58 bits per heavy atom. The van der Waals surface area contributed by atoms with E-state index >= 15 is 0 Å². The molecule has 0 saturated heterocycles. The lowest BCUT2D eigenvalue weighted by Crippen LogP contribution is -2.48. The summed E-state index contributed by atoms with van der Waals surface area (Å²) < 4.78 is 12.2. The van der Waals surface area contributed by atoms with Crippen molar-refractivity contribution in [2.75, 3.05) is 5.32 Å². The van der Waals surface area contributed by atoms with Gasteiger partial charge in [-0.1, -0.05) is 20.8 Å². The molecule has 3 rings (SSSR count). The molecular weight excluding hydrogens is 374 g/mol. The summed E-state index contributed by atoms with van der Waals surface area (Å²) in [7, 11) is 0. The van der Waals surface area contributed by atoms with E-state index in [1.807, 2.05) is 12.1 Å². The number of benzene rings is 1. The SMILES string of the molecule is CC1=C[C@@]2(Nc3cc(C(C)(C)C)cc(Br)c3O2)C(C(N)=O)=C(N)O1. The Bertz CT molecular complexity index is 808. The number of hydrogen-bond donors (Lipinski definition) is 3. The van der Waals surface area contributed by atoms with Crippen LogP contribution in [-0.4, -0.2) is 11.6 Å². The van der Waals surface area contributed by atoms with E-state index in [0.717, 1.165) is 15.7 Å². The number of primary amides is 1. The van der Waals surface area contributed by atoms with Gasteiger partial charge >= 0.3 is 0 Å². The lowest BCUT2D eigenvalue weighted by atomic mass is 9.87. The molecule has 0 aromatic heterocycles. The quantitative estimate of drug-likeness (QED) is 0.680. The first-order valence-corrected chi connectivity index (χ1v) is 8.31. The fourth-order valence-corrected chi connectivity index (χ4v) is 3.43. The number of amides is 1. The van der Waals surface area contributed by atoms with Gasteiger partial charge < -0.3 is 26.3 Å². The van der Waals surface area contributed by atoms with Crippen LogP contribution in [0.15, 0.2) is 39.9 Å². The molecule has 0 fully saturated rings. The first kappa shape index (κ1) is 16.7. The van der Waals surface area contributed by atoms with Gasteiger partial charge in [0.05, 0.1) is 10.2 Å². The van der Waals surface area contributed by atoms with Crippen LogP contribution in [0.2, 0.25) is 0 Å². The molecule has 0 radical (unpaired) electrons. The molecule has 1 atom stereocenters. The van der Waals surface area contributed by atoms with Crippen molar-refractivity contribution in [2.24, 2.45) is 11.5 Å². The number of ether oxygens (including phenoxy) is 2. The molecule has 2 aliphatic rings. The van der Waals surface area contributed by atoms with Crippen LogP contribution in [0.1, 0.15) is 33.3 Å². The van der Waals surface area contributed by atoms with E-state index in [0.29, 0.717) is 11.5 Å².